The van der Waals surface area contributed by atoms with Crippen molar-refractivity contribution in [2.24, 2.45) is 0 Å². The molecule has 1 unspecified atom stereocenters. The lowest BCUT2D eigenvalue weighted by atomic mass is 10.2. The second-order valence-corrected chi connectivity index (χ2v) is 6.34. The Morgan fingerprint density at radius 2 is 2.00 bits per heavy atom. The van der Waals surface area contributed by atoms with Crippen LogP contribution in [0.3, 0.4) is 0 Å². The molecule has 0 radical (unpaired) electrons. The largest absolute Gasteiger partial charge is 0.495 e. The van der Waals surface area contributed by atoms with Crippen LogP contribution in [0.5, 0.6) is 5.75 Å². The zero-order valence-electron chi connectivity index (χ0n) is 10.4. The van der Waals surface area contributed by atoms with E-state index in [0.717, 1.165) is 5.69 Å². The van der Waals surface area contributed by atoms with Crippen LogP contribution >= 0.6 is 0 Å². The highest BCUT2D eigenvalue weighted by Crippen LogP contribution is 2.23. The Bertz CT molecular complexity index is 457. The van der Waals surface area contributed by atoms with Crippen LogP contribution in [0.1, 0.15) is 13.8 Å². The summed E-state index contributed by atoms with van der Waals surface area (Å²) in [5, 5.41) is 3.15. The first-order chi connectivity index (χ1) is 7.98. The van der Waals surface area contributed by atoms with Crippen molar-refractivity contribution in [3.8, 4) is 5.75 Å². The van der Waals surface area contributed by atoms with Crippen molar-refractivity contribution in [1.82, 2.24) is 0 Å². The molecule has 4 nitrogen and oxygen atoms in total. The molecular formula is C12H19NO3S. The van der Waals surface area contributed by atoms with Crippen molar-refractivity contribution >= 4 is 15.5 Å². The number of methoxy groups -OCH3 is 1. The number of sulfone groups is 1. The molecule has 5 heteroatoms. The van der Waals surface area contributed by atoms with E-state index in [-0.39, 0.29) is 17.5 Å². The molecule has 1 aromatic carbocycles. The summed E-state index contributed by atoms with van der Waals surface area (Å²) in [6.45, 7) is 3.50. The van der Waals surface area contributed by atoms with Gasteiger partial charge in [0.2, 0.25) is 0 Å². The third-order valence-electron chi connectivity index (χ3n) is 2.45. The van der Waals surface area contributed by atoms with Crippen LogP contribution in [-0.2, 0) is 9.84 Å². The average Bonchev–Trinajstić information content (AvgIpc) is 2.29. The number of ether oxygens (including phenoxy) is 1. The fourth-order valence-corrected chi connectivity index (χ4v) is 2.65. The van der Waals surface area contributed by atoms with Gasteiger partial charge in [-0.1, -0.05) is 19.1 Å². The second kappa shape index (κ2) is 5.91. The van der Waals surface area contributed by atoms with Crippen LogP contribution in [0, 0.1) is 0 Å². The van der Waals surface area contributed by atoms with Crippen molar-refractivity contribution < 1.29 is 13.2 Å². The minimum atomic E-state index is -2.96. The summed E-state index contributed by atoms with van der Waals surface area (Å²) in [4.78, 5) is 0. The molecule has 0 aliphatic carbocycles. The van der Waals surface area contributed by atoms with Crippen LogP contribution in [0.4, 0.5) is 5.69 Å². The SMILES string of the molecule is CCS(=O)(=O)CC(C)Nc1ccccc1OC. The molecule has 0 aliphatic rings. The molecule has 0 saturated heterocycles. The number of anilines is 1. The fourth-order valence-electron chi connectivity index (χ4n) is 1.57. The van der Waals surface area contributed by atoms with Crippen molar-refractivity contribution in [3.05, 3.63) is 24.3 Å². The minimum absolute atomic E-state index is 0.127. The molecular weight excluding hydrogens is 238 g/mol. The van der Waals surface area contributed by atoms with Gasteiger partial charge in [0.1, 0.15) is 5.75 Å². The molecule has 96 valence electrons. The first-order valence-electron chi connectivity index (χ1n) is 5.58. The standard InChI is InChI=1S/C12H19NO3S/c1-4-17(14,15)9-10(2)13-11-7-5-6-8-12(11)16-3/h5-8,10,13H,4,9H2,1-3H3. The molecule has 0 bridgehead atoms. The quantitative estimate of drug-likeness (QED) is 0.846. The number of rotatable bonds is 6. The number of hydrogen-bond acceptors (Lipinski definition) is 4. The summed E-state index contributed by atoms with van der Waals surface area (Å²) in [6.07, 6.45) is 0. The van der Waals surface area contributed by atoms with Gasteiger partial charge in [-0.25, -0.2) is 8.42 Å². The molecule has 17 heavy (non-hydrogen) atoms. The van der Waals surface area contributed by atoms with Crippen molar-refractivity contribution in [1.29, 1.82) is 0 Å². The molecule has 0 spiro atoms. The lowest BCUT2D eigenvalue weighted by Crippen LogP contribution is -2.26. The Hall–Kier alpha value is -1.23. The van der Waals surface area contributed by atoms with Gasteiger partial charge in [-0.2, -0.15) is 0 Å². The molecule has 1 rings (SSSR count). The topological polar surface area (TPSA) is 55.4 Å². The van der Waals surface area contributed by atoms with Gasteiger partial charge in [-0.05, 0) is 19.1 Å². The molecule has 0 aromatic heterocycles. The molecule has 0 fully saturated rings. The summed E-state index contributed by atoms with van der Waals surface area (Å²) in [5.74, 6) is 1.01. The van der Waals surface area contributed by atoms with Gasteiger partial charge in [-0.15, -0.1) is 0 Å². The van der Waals surface area contributed by atoms with E-state index in [0.29, 0.717) is 5.75 Å². The summed E-state index contributed by atoms with van der Waals surface area (Å²) < 4.78 is 28.2. The number of para-hydroxylation sites is 2. The lowest BCUT2D eigenvalue weighted by Gasteiger charge is -2.17. The maximum Gasteiger partial charge on any atom is 0.152 e. The van der Waals surface area contributed by atoms with Crippen LogP contribution in [0.15, 0.2) is 24.3 Å². The Morgan fingerprint density at radius 1 is 1.35 bits per heavy atom. The van der Waals surface area contributed by atoms with E-state index in [1.54, 1.807) is 14.0 Å². The smallest absolute Gasteiger partial charge is 0.152 e. The molecule has 0 aliphatic heterocycles. The fraction of sp³-hybridized carbons (Fsp3) is 0.500. The van der Waals surface area contributed by atoms with Crippen LogP contribution in [0.25, 0.3) is 0 Å². The predicted octanol–water partition coefficient (Wildman–Crippen LogP) is 1.93. The summed E-state index contributed by atoms with van der Waals surface area (Å²) in [7, 11) is -1.37. The maximum absolute atomic E-state index is 11.5. The number of hydrogen-bond donors (Lipinski definition) is 1. The Labute approximate surface area is 103 Å². The van der Waals surface area contributed by atoms with Crippen LogP contribution < -0.4 is 10.1 Å². The van der Waals surface area contributed by atoms with Crippen LogP contribution in [-0.4, -0.2) is 33.1 Å². The van der Waals surface area contributed by atoms with Gasteiger partial charge in [0.25, 0.3) is 0 Å². The molecule has 1 N–H and O–H groups in total. The van der Waals surface area contributed by atoms with Crippen molar-refractivity contribution in [2.45, 2.75) is 19.9 Å². The molecule has 1 atom stereocenters. The van der Waals surface area contributed by atoms with E-state index in [9.17, 15) is 8.42 Å². The monoisotopic (exact) mass is 257 g/mol. The predicted molar refractivity (Wildman–Crippen MR) is 70.4 cm³/mol. The number of nitrogens with one attached hydrogen (secondary N) is 1. The first kappa shape index (κ1) is 13.8. The van der Waals surface area contributed by atoms with E-state index >= 15 is 0 Å². The van der Waals surface area contributed by atoms with E-state index in [1.807, 2.05) is 31.2 Å². The molecule has 0 amide bonds. The van der Waals surface area contributed by atoms with E-state index in [4.69, 9.17) is 4.74 Å². The number of benzene rings is 1. The first-order valence-corrected chi connectivity index (χ1v) is 7.40. The van der Waals surface area contributed by atoms with E-state index in [2.05, 4.69) is 5.32 Å². The van der Waals surface area contributed by atoms with Gasteiger partial charge in [-0.3, -0.25) is 0 Å². The van der Waals surface area contributed by atoms with Crippen molar-refractivity contribution in [3.63, 3.8) is 0 Å². The lowest BCUT2D eigenvalue weighted by molar-refractivity contribution is 0.416. The summed E-state index contributed by atoms with van der Waals surface area (Å²) in [6, 6.07) is 7.32. The minimum Gasteiger partial charge on any atom is -0.495 e. The summed E-state index contributed by atoms with van der Waals surface area (Å²) in [5.41, 5.74) is 0.814. The van der Waals surface area contributed by atoms with Gasteiger partial charge < -0.3 is 10.1 Å². The Morgan fingerprint density at radius 3 is 2.59 bits per heavy atom. The highest BCUT2D eigenvalue weighted by atomic mass is 32.2. The molecule has 0 saturated carbocycles. The third-order valence-corrected chi connectivity index (χ3v) is 4.34. The Balaban J connectivity index is 2.71. The van der Waals surface area contributed by atoms with E-state index < -0.39 is 9.84 Å². The molecule has 0 heterocycles. The third kappa shape index (κ3) is 4.26. The molecule has 1 aromatic rings. The highest BCUT2D eigenvalue weighted by Gasteiger charge is 2.14. The van der Waals surface area contributed by atoms with Gasteiger partial charge in [0.05, 0.1) is 18.6 Å². The normalized spacial score (nSPS) is 13.1. The average molecular weight is 257 g/mol. The van der Waals surface area contributed by atoms with Crippen molar-refractivity contribution in [2.75, 3.05) is 23.9 Å². The van der Waals surface area contributed by atoms with Gasteiger partial charge in [0, 0.05) is 11.8 Å². The zero-order chi connectivity index (χ0) is 12.9. The second-order valence-electron chi connectivity index (χ2n) is 3.94. The Kier molecular flexibility index (Phi) is 4.81. The van der Waals surface area contributed by atoms with Gasteiger partial charge in [0.15, 0.2) is 9.84 Å². The zero-order valence-corrected chi connectivity index (χ0v) is 11.3. The maximum atomic E-state index is 11.5. The summed E-state index contributed by atoms with van der Waals surface area (Å²) >= 11 is 0. The van der Waals surface area contributed by atoms with E-state index in [1.165, 1.54) is 0 Å². The van der Waals surface area contributed by atoms with Gasteiger partial charge >= 0.3 is 0 Å². The highest BCUT2D eigenvalue weighted by molar-refractivity contribution is 7.91. The van der Waals surface area contributed by atoms with Crippen LogP contribution in [0.2, 0.25) is 0 Å².